The molecule has 0 aromatic heterocycles. The Morgan fingerprint density at radius 3 is 1.36 bits per heavy atom. The first-order valence-corrected chi connectivity index (χ1v) is 15.5. The molecule has 0 saturated heterocycles. The zero-order valence-corrected chi connectivity index (χ0v) is 27.5. The molecule has 0 saturated carbocycles. The van der Waals surface area contributed by atoms with Crippen molar-refractivity contribution in [1.82, 2.24) is 0 Å². The zero-order valence-electron chi connectivity index (χ0n) is 24.5. The molecule has 0 heterocycles. The van der Waals surface area contributed by atoms with Gasteiger partial charge >= 0.3 is 65.2 Å². The van der Waals surface area contributed by atoms with E-state index in [1.807, 2.05) is 0 Å². The van der Waals surface area contributed by atoms with E-state index in [4.69, 9.17) is 33.8 Å². The number of carbonyl (C=O) groups is 1. The summed E-state index contributed by atoms with van der Waals surface area (Å²) < 4.78 is 20.1. The Hall–Kier alpha value is 1.14. The first-order valence-electron chi connectivity index (χ1n) is 13.9. The Balaban J connectivity index is -0.000000704. The molecule has 10 heteroatoms. The van der Waals surface area contributed by atoms with Gasteiger partial charge in [-0.2, -0.15) is 0 Å². The molecule has 0 rings (SSSR count). The standard InChI is InChI=1S/C26H52O4.K.H3O4P.H/c1-3-5-7-9-11-12-13-14-15-16-17-18-20-22-26(30-24-25(27)28)29-23-21-19-10-8-6-4-2;;1-5(2,3)4;/h26H,3-24H2,1-2H3,(H,27,28);;(H3,1,2,3,4);/q;+1;;-1. The Labute approximate surface area is 264 Å². The largest absolute Gasteiger partial charge is 1.00 e. The maximum Gasteiger partial charge on any atom is 1.00 e. The van der Waals surface area contributed by atoms with Crippen LogP contribution < -0.4 is 51.4 Å². The molecule has 0 radical (unpaired) electrons. The number of rotatable bonds is 25. The van der Waals surface area contributed by atoms with Gasteiger partial charge in [0.25, 0.3) is 0 Å². The molecule has 1 atom stereocenters. The third kappa shape index (κ3) is 45.1. The average Bonchev–Trinajstić information content (AvgIpc) is 2.78. The minimum absolute atomic E-state index is 0. The van der Waals surface area contributed by atoms with Gasteiger partial charge in [0.15, 0.2) is 6.29 Å². The Morgan fingerprint density at radius 1 is 0.667 bits per heavy atom. The Kier molecular flexibility index (Phi) is 37.4. The number of carboxylic acid groups (broad SMARTS) is 1. The molecule has 0 bridgehead atoms. The van der Waals surface area contributed by atoms with Crippen molar-refractivity contribution in [3.63, 3.8) is 0 Å². The molecule has 0 aliphatic carbocycles. The number of hydrogen-bond acceptors (Lipinski definition) is 4. The van der Waals surface area contributed by atoms with Gasteiger partial charge in [0.1, 0.15) is 6.61 Å². The van der Waals surface area contributed by atoms with Crippen LogP contribution in [0.2, 0.25) is 0 Å². The molecule has 0 amide bonds. The molecule has 0 aliphatic heterocycles. The van der Waals surface area contributed by atoms with Crippen molar-refractivity contribution in [2.75, 3.05) is 13.2 Å². The second kappa shape index (κ2) is 32.3. The van der Waals surface area contributed by atoms with E-state index in [1.54, 1.807) is 0 Å². The zero-order chi connectivity index (χ0) is 26.6. The molecule has 8 nitrogen and oxygen atoms in total. The van der Waals surface area contributed by atoms with E-state index in [1.165, 1.54) is 109 Å². The van der Waals surface area contributed by atoms with E-state index in [0.717, 1.165) is 19.3 Å². The number of phosphoric acid groups is 1. The van der Waals surface area contributed by atoms with Crippen LogP contribution >= 0.6 is 7.82 Å². The number of carboxylic acids is 1. The third-order valence-electron chi connectivity index (χ3n) is 5.74. The normalized spacial score (nSPS) is 11.9. The fraction of sp³-hybridized carbons (Fsp3) is 0.962. The van der Waals surface area contributed by atoms with Gasteiger partial charge < -0.3 is 30.7 Å². The van der Waals surface area contributed by atoms with Crippen molar-refractivity contribution < 1.29 is 91.4 Å². The summed E-state index contributed by atoms with van der Waals surface area (Å²) in [4.78, 5) is 32.4. The van der Waals surface area contributed by atoms with Crippen LogP contribution in [0.3, 0.4) is 0 Å². The predicted octanol–water partition coefficient (Wildman–Crippen LogP) is 4.46. The van der Waals surface area contributed by atoms with Gasteiger partial charge in [-0.1, -0.05) is 123 Å². The quantitative estimate of drug-likeness (QED) is 0.0551. The second-order valence-corrected chi connectivity index (χ2v) is 10.3. The summed E-state index contributed by atoms with van der Waals surface area (Å²) in [5.41, 5.74) is 0. The molecule has 1 unspecified atom stereocenters. The summed E-state index contributed by atoms with van der Waals surface area (Å²) in [5.74, 6) is -0.923. The van der Waals surface area contributed by atoms with Crippen molar-refractivity contribution in [3.8, 4) is 0 Å². The molecule has 0 aromatic rings. The van der Waals surface area contributed by atoms with Gasteiger partial charge in [-0.25, -0.2) is 9.36 Å². The summed E-state index contributed by atoms with van der Waals surface area (Å²) in [5, 5.41) is 8.86. The first-order chi connectivity index (χ1) is 16.7. The predicted molar refractivity (Wildman–Crippen MR) is 142 cm³/mol. The molecule has 0 aliphatic rings. The summed E-state index contributed by atoms with van der Waals surface area (Å²) >= 11 is 0. The van der Waals surface area contributed by atoms with E-state index in [0.29, 0.717) is 6.61 Å². The Bertz CT molecular complexity index is 489. The van der Waals surface area contributed by atoms with Crippen LogP contribution in [0.15, 0.2) is 0 Å². The molecule has 0 spiro atoms. The van der Waals surface area contributed by atoms with Crippen LogP contribution in [0.1, 0.15) is 144 Å². The molecule has 214 valence electrons. The monoisotopic (exact) mass is 566 g/mol. The summed E-state index contributed by atoms with van der Waals surface area (Å²) in [6, 6.07) is 0. The molecular formula is C26H56KO8P. The number of ether oxygens (including phenoxy) is 2. The fourth-order valence-corrected chi connectivity index (χ4v) is 3.80. The van der Waals surface area contributed by atoms with Gasteiger partial charge in [0, 0.05) is 6.61 Å². The molecule has 0 fully saturated rings. The van der Waals surface area contributed by atoms with Gasteiger partial charge in [-0.05, 0) is 19.3 Å². The number of hydrogen-bond donors (Lipinski definition) is 4. The van der Waals surface area contributed by atoms with Crippen molar-refractivity contribution in [1.29, 1.82) is 0 Å². The maximum atomic E-state index is 10.8. The summed E-state index contributed by atoms with van der Waals surface area (Å²) in [6.45, 7) is 4.91. The van der Waals surface area contributed by atoms with Crippen LogP contribution in [0, 0.1) is 0 Å². The van der Waals surface area contributed by atoms with Gasteiger partial charge in [-0.15, -0.1) is 0 Å². The van der Waals surface area contributed by atoms with E-state index in [-0.39, 0.29) is 65.7 Å². The van der Waals surface area contributed by atoms with E-state index in [2.05, 4.69) is 13.8 Å². The van der Waals surface area contributed by atoms with E-state index in [9.17, 15) is 4.79 Å². The van der Waals surface area contributed by atoms with Crippen molar-refractivity contribution in [3.05, 3.63) is 0 Å². The molecule has 36 heavy (non-hydrogen) atoms. The maximum absolute atomic E-state index is 10.8. The topological polar surface area (TPSA) is 134 Å². The molecule has 4 N–H and O–H groups in total. The first kappa shape index (κ1) is 41.6. The second-order valence-electron chi connectivity index (χ2n) is 9.32. The Morgan fingerprint density at radius 2 is 1.00 bits per heavy atom. The summed E-state index contributed by atoms with van der Waals surface area (Å²) in [6.07, 6.45) is 25.1. The number of aliphatic carboxylic acids is 1. The fourth-order valence-electron chi connectivity index (χ4n) is 3.80. The number of unbranched alkanes of at least 4 members (excludes halogenated alkanes) is 17. The van der Waals surface area contributed by atoms with Gasteiger partial charge in [0.05, 0.1) is 0 Å². The van der Waals surface area contributed by atoms with Crippen molar-refractivity contribution in [2.24, 2.45) is 0 Å². The van der Waals surface area contributed by atoms with Gasteiger partial charge in [0.2, 0.25) is 0 Å². The summed E-state index contributed by atoms with van der Waals surface area (Å²) in [7, 11) is -4.64. The van der Waals surface area contributed by atoms with E-state index >= 15 is 0 Å². The van der Waals surface area contributed by atoms with Crippen LogP contribution in [0.5, 0.6) is 0 Å². The average molecular weight is 567 g/mol. The van der Waals surface area contributed by atoms with Gasteiger partial charge in [-0.3, -0.25) is 0 Å². The minimum Gasteiger partial charge on any atom is -1.00 e. The van der Waals surface area contributed by atoms with Crippen molar-refractivity contribution >= 4 is 13.8 Å². The van der Waals surface area contributed by atoms with Crippen molar-refractivity contribution in [2.45, 2.75) is 149 Å². The van der Waals surface area contributed by atoms with E-state index < -0.39 is 13.8 Å². The van der Waals surface area contributed by atoms with Crippen LogP contribution in [0.4, 0.5) is 0 Å². The molecular weight excluding hydrogens is 510 g/mol. The molecule has 0 aromatic carbocycles. The minimum atomic E-state index is -4.64. The smallest absolute Gasteiger partial charge is 1.00 e. The van der Waals surface area contributed by atoms with Crippen LogP contribution in [-0.4, -0.2) is 45.3 Å². The van der Waals surface area contributed by atoms with Crippen LogP contribution in [-0.2, 0) is 18.8 Å². The SMILES string of the molecule is CCCCCCCCCCCCCCCC(OCCCCCCCC)OCC(=O)O.O=P(O)(O)O.[H-].[K+]. The van der Waals surface area contributed by atoms with Crippen LogP contribution in [0.25, 0.3) is 0 Å². The third-order valence-corrected chi connectivity index (χ3v) is 5.74.